The van der Waals surface area contributed by atoms with Gasteiger partial charge in [0, 0.05) is 12.6 Å². The Hall–Kier alpha value is -1.73. The fourth-order valence-corrected chi connectivity index (χ4v) is 1.51. The van der Waals surface area contributed by atoms with Crippen molar-refractivity contribution in [1.29, 1.82) is 0 Å². The van der Waals surface area contributed by atoms with Crippen LogP contribution in [0.15, 0.2) is 16.9 Å². The van der Waals surface area contributed by atoms with Crippen LogP contribution in [0.3, 0.4) is 0 Å². The number of carbonyl (C=O) groups excluding carboxylic acids is 1. The predicted octanol–water partition coefficient (Wildman–Crippen LogP) is -0.484. The number of aromatic nitrogens is 2. The number of nitrogens with zero attached hydrogens (tertiary/aromatic N) is 2. The van der Waals surface area contributed by atoms with Crippen LogP contribution in [0.1, 0.15) is 37.2 Å². The summed E-state index contributed by atoms with van der Waals surface area (Å²) >= 11 is 0. The number of amides is 1. The van der Waals surface area contributed by atoms with E-state index >= 15 is 0 Å². The predicted molar refractivity (Wildman–Crippen MR) is 73.4 cm³/mol. The maximum absolute atomic E-state index is 12.0. The van der Waals surface area contributed by atoms with E-state index in [1.54, 1.807) is 0 Å². The SMILES string of the molecule is CCCCn1nc(C(=O)NC(C)(CO)CO)ccc1=O. The number of hydrogen-bond acceptors (Lipinski definition) is 5. The van der Waals surface area contributed by atoms with Crippen molar-refractivity contribution in [2.24, 2.45) is 0 Å². The van der Waals surface area contributed by atoms with Crippen LogP contribution in [-0.2, 0) is 6.54 Å². The molecule has 1 rings (SSSR count). The second kappa shape index (κ2) is 7.16. The minimum Gasteiger partial charge on any atom is -0.394 e. The van der Waals surface area contributed by atoms with Gasteiger partial charge in [-0.3, -0.25) is 9.59 Å². The van der Waals surface area contributed by atoms with E-state index in [4.69, 9.17) is 10.2 Å². The number of hydrogen-bond donors (Lipinski definition) is 3. The van der Waals surface area contributed by atoms with Crippen LogP contribution >= 0.6 is 0 Å². The van der Waals surface area contributed by atoms with E-state index < -0.39 is 24.7 Å². The minimum absolute atomic E-state index is 0.0776. The van der Waals surface area contributed by atoms with Gasteiger partial charge in [-0.25, -0.2) is 4.68 Å². The molecule has 0 bridgehead atoms. The van der Waals surface area contributed by atoms with Crippen LogP contribution in [0, 0.1) is 0 Å². The first kappa shape index (κ1) is 16.3. The van der Waals surface area contributed by atoms with E-state index in [0.29, 0.717) is 6.54 Å². The van der Waals surface area contributed by atoms with Gasteiger partial charge in [-0.2, -0.15) is 5.10 Å². The third-order valence-electron chi connectivity index (χ3n) is 2.94. The van der Waals surface area contributed by atoms with Gasteiger partial charge in [0.2, 0.25) is 0 Å². The Kier molecular flexibility index (Phi) is 5.84. The van der Waals surface area contributed by atoms with Gasteiger partial charge < -0.3 is 15.5 Å². The molecule has 0 atom stereocenters. The number of nitrogens with one attached hydrogen (secondary N) is 1. The zero-order valence-corrected chi connectivity index (χ0v) is 11.8. The van der Waals surface area contributed by atoms with Crippen molar-refractivity contribution in [3.05, 3.63) is 28.2 Å². The molecule has 0 aliphatic heterocycles. The quantitative estimate of drug-likeness (QED) is 0.627. The number of aliphatic hydroxyl groups excluding tert-OH is 2. The van der Waals surface area contributed by atoms with E-state index in [-0.39, 0.29) is 11.3 Å². The molecule has 112 valence electrons. The summed E-state index contributed by atoms with van der Waals surface area (Å²) in [6.07, 6.45) is 1.71. The average Bonchev–Trinajstić information content (AvgIpc) is 2.46. The Labute approximate surface area is 117 Å². The molecule has 7 nitrogen and oxygen atoms in total. The second-order valence-electron chi connectivity index (χ2n) is 4.96. The third-order valence-corrected chi connectivity index (χ3v) is 2.94. The summed E-state index contributed by atoms with van der Waals surface area (Å²) in [7, 11) is 0. The Morgan fingerprint density at radius 1 is 1.40 bits per heavy atom. The van der Waals surface area contributed by atoms with Crippen molar-refractivity contribution in [3.8, 4) is 0 Å². The average molecular weight is 283 g/mol. The summed E-state index contributed by atoms with van der Waals surface area (Å²) in [5.74, 6) is -0.541. The highest BCUT2D eigenvalue weighted by Crippen LogP contribution is 2.03. The molecule has 1 amide bonds. The minimum atomic E-state index is -1.12. The summed E-state index contributed by atoms with van der Waals surface area (Å²) in [5, 5.41) is 24.8. The van der Waals surface area contributed by atoms with Crippen LogP contribution in [0.5, 0.6) is 0 Å². The Morgan fingerprint density at radius 3 is 2.60 bits per heavy atom. The summed E-state index contributed by atoms with van der Waals surface area (Å²) in [5.41, 5.74) is -1.31. The molecule has 1 aromatic heterocycles. The van der Waals surface area contributed by atoms with Gasteiger partial charge in [0.05, 0.1) is 18.8 Å². The highest BCUT2D eigenvalue weighted by molar-refractivity contribution is 5.92. The fourth-order valence-electron chi connectivity index (χ4n) is 1.51. The van der Waals surface area contributed by atoms with Gasteiger partial charge >= 0.3 is 0 Å². The number of aryl methyl sites for hydroxylation is 1. The van der Waals surface area contributed by atoms with Crippen LogP contribution in [0.25, 0.3) is 0 Å². The number of unbranched alkanes of at least 4 members (excludes halogenated alkanes) is 1. The molecule has 0 aliphatic rings. The van der Waals surface area contributed by atoms with Gasteiger partial charge in [0.15, 0.2) is 0 Å². The van der Waals surface area contributed by atoms with Gasteiger partial charge in [0.25, 0.3) is 11.5 Å². The second-order valence-corrected chi connectivity index (χ2v) is 4.96. The van der Waals surface area contributed by atoms with Crippen LogP contribution in [-0.4, -0.2) is 44.7 Å². The molecular formula is C13H21N3O4. The Bertz CT molecular complexity index is 509. The molecule has 0 fully saturated rings. The highest BCUT2D eigenvalue weighted by Gasteiger charge is 2.25. The monoisotopic (exact) mass is 283 g/mol. The Balaban J connectivity index is 2.91. The zero-order chi connectivity index (χ0) is 15.2. The zero-order valence-electron chi connectivity index (χ0n) is 11.8. The van der Waals surface area contributed by atoms with E-state index in [0.717, 1.165) is 12.8 Å². The molecule has 1 heterocycles. The summed E-state index contributed by atoms with van der Waals surface area (Å²) in [4.78, 5) is 23.6. The lowest BCUT2D eigenvalue weighted by molar-refractivity contribution is 0.0717. The first-order chi connectivity index (χ1) is 9.45. The molecule has 3 N–H and O–H groups in total. The number of rotatable bonds is 7. The molecule has 0 saturated heterocycles. The molecule has 1 aromatic rings. The third kappa shape index (κ3) is 4.14. The largest absolute Gasteiger partial charge is 0.394 e. The molecule has 0 aliphatic carbocycles. The van der Waals surface area contributed by atoms with Crippen molar-refractivity contribution < 1.29 is 15.0 Å². The fraction of sp³-hybridized carbons (Fsp3) is 0.615. The molecule has 0 aromatic carbocycles. The maximum Gasteiger partial charge on any atom is 0.272 e. The molecular weight excluding hydrogens is 262 g/mol. The summed E-state index contributed by atoms with van der Waals surface area (Å²) < 4.78 is 1.24. The van der Waals surface area contributed by atoms with Gasteiger partial charge in [-0.1, -0.05) is 13.3 Å². The summed E-state index contributed by atoms with van der Waals surface area (Å²) in [6.45, 7) is 3.16. The van der Waals surface area contributed by atoms with Crippen LogP contribution < -0.4 is 10.9 Å². The molecule has 0 saturated carbocycles. The number of aliphatic hydroxyl groups is 2. The van der Waals surface area contributed by atoms with E-state index in [1.165, 1.54) is 23.7 Å². The lowest BCUT2D eigenvalue weighted by Gasteiger charge is -2.25. The smallest absolute Gasteiger partial charge is 0.272 e. The van der Waals surface area contributed by atoms with Crippen LogP contribution in [0.4, 0.5) is 0 Å². The lowest BCUT2D eigenvalue weighted by Crippen LogP contribution is -2.52. The van der Waals surface area contributed by atoms with Gasteiger partial charge in [0.1, 0.15) is 5.69 Å². The van der Waals surface area contributed by atoms with Crippen molar-refractivity contribution in [2.75, 3.05) is 13.2 Å². The van der Waals surface area contributed by atoms with Crippen LogP contribution in [0.2, 0.25) is 0 Å². The lowest BCUT2D eigenvalue weighted by atomic mass is 10.1. The van der Waals surface area contributed by atoms with Crippen molar-refractivity contribution in [1.82, 2.24) is 15.1 Å². The Morgan fingerprint density at radius 2 is 2.05 bits per heavy atom. The van der Waals surface area contributed by atoms with Crippen molar-refractivity contribution >= 4 is 5.91 Å². The van der Waals surface area contributed by atoms with Gasteiger partial charge in [-0.15, -0.1) is 0 Å². The molecule has 20 heavy (non-hydrogen) atoms. The standard InChI is InChI=1S/C13H21N3O4/c1-3-4-7-16-11(19)6-5-10(15-16)12(20)14-13(2,8-17)9-18/h5-6,17-18H,3-4,7-9H2,1-2H3,(H,14,20). The first-order valence-corrected chi connectivity index (χ1v) is 6.58. The normalized spacial score (nSPS) is 11.4. The molecule has 0 radical (unpaired) electrons. The maximum atomic E-state index is 12.0. The highest BCUT2D eigenvalue weighted by atomic mass is 16.3. The molecule has 7 heteroatoms. The molecule has 0 spiro atoms. The van der Waals surface area contributed by atoms with Crippen molar-refractivity contribution in [2.45, 2.75) is 38.8 Å². The van der Waals surface area contributed by atoms with Gasteiger partial charge in [-0.05, 0) is 19.4 Å². The van der Waals surface area contributed by atoms with E-state index in [9.17, 15) is 9.59 Å². The summed E-state index contributed by atoms with van der Waals surface area (Å²) in [6, 6.07) is 2.61. The molecule has 0 unspecified atom stereocenters. The first-order valence-electron chi connectivity index (χ1n) is 6.58. The number of carbonyl (C=O) groups is 1. The van der Waals surface area contributed by atoms with E-state index in [2.05, 4.69) is 10.4 Å². The topological polar surface area (TPSA) is 104 Å². The van der Waals surface area contributed by atoms with E-state index in [1.807, 2.05) is 6.92 Å². The van der Waals surface area contributed by atoms with Crippen molar-refractivity contribution in [3.63, 3.8) is 0 Å².